The quantitative estimate of drug-likeness (QED) is 0.275. The highest BCUT2D eigenvalue weighted by atomic mass is 32.2. The van der Waals surface area contributed by atoms with Gasteiger partial charge in [0.1, 0.15) is 17.6 Å². The first-order chi connectivity index (χ1) is 18.2. The van der Waals surface area contributed by atoms with Gasteiger partial charge in [-0.05, 0) is 94.9 Å². The van der Waals surface area contributed by atoms with Gasteiger partial charge in [-0.15, -0.1) is 11.8 Å². The van der Waals surface area contributed by atoms with Crippen LogP contribution < -0.4 is 4.74 Å². The molecule has 1 atom stereocenters. The van der Waals surface area contributed by atoms with Crippen LogP contribution in [0.4, 0.5) is 4.39 Å². The van der Waals surface area contributed by atoms with Gasteiger partial charge >= 0.3 is 0 Å². The Bertz CT molecular complexity index is 1430. The van der Waals surface area contributed by atoms with Crippen LogP contribution in [0.25, 0.3) is 22.0 Å². The number of nitrogens with zero attached hydrogens (tertiary/aromatic N) is 1. The number of aromatic nitrogens is 1. The van der Waals surface area contributed by atoms with Gasteiger partial charge < -0.3 is 14.8 Å². The van der Waals surface area contributed by atoms with Crippen LogP contribution in [0.15, 0.2) is 77.8 Å². The smallest absolute Gasteiger partial charge is 0.119 e. The zero-order valence-electron chi connectivity index (χ0n) is 20.8. The van der Waals surface area contributed by atoms with E-state index in [-0.39, 0.29) is 12.8 Å². The summed E-state index contributed by atoms with van der Waals surface area (Å²) in [5, 5.41) is 11.4. The van der Waals surface area contributed by atoms with Crippen LogP contribution in [0.5, 0.6) is 11.5 Å². The van der Waals surface area contributed by atoms with Gasteiger partial charge in [0.25, 0.3) is 0 Å². The van der Waals surface area contributed by atoms with Crippen molar-refractivity contribution >= 4 is 33.8 Å². The van der Waals surface area contributed by atoms with Gasteiger partial charge in [-0.2, -0.15) is 0 Å². The van der Waals surface area contributed by atoms with Crippen LogP contribution in [0.2, 0.25) is 0 Å². The van der Waals surface area contributed by atoms with Gasteiger partial charge in [-0.25, -0.2) is 0 Å². The van der Waals surface area contributed by atoms with Crippen LogP contribution in [0, 0.1) is 0 Å². The van der Waals surface area contributed by atoms with Gasteiger partial charge in [0.05, 0.1) is 6.67 Å². The lowest BCUT2D eigenvalue weighted by Crippen LogP contribution is -2.26. The molecule has 1 saturated heterocycles. The summed E-state index contributed by atoms with van der Waals surface area (Å²) in [6.45, 7) is 2.35. The molecule has 4 aromatic rings. The van der Waals surface area contributed by atoms with Gasteiger partial charge in [0.2, 0.25) is 0 Å². The maximum atomic E-state index is 12.5. The molecule has 0 bridgehead atoms. The van der Waals surface area contributed by atoms with Crippen molar-refractivity contribution in [2.75, 3.05) is 32.1 Å². The number of phenols is 1. The SMILES string of the molecule is Oc1ccc2c(c1)SCCC(c1ccc3cc[nH]c3c1)=C2c1ccc(O[C@H]2CCN(CCCF)C2)cc1. The number of likely N-dealkylation sites (tertiary alicyclic amines) is 1. The van der Waals surface area contributed by atoms with Crippen molar-refractivity contribution in [1.29, 1.82) is 0 Å². The number of nitrogens with one attached hydrogen (secondary N) is 1. The largest absolute Gasteiger partial charge is 0.508 e. The Morgan fingerprint density at radius 3 is 2.76 bits per heavy atom. The molecule has 2 aliphatic rings. The molecular formula is C31H31FN2O2S. The maximum Gasteiger partial charge on any atom is 0.119 e. The van der Waals surface area contributed by atoms with E-state index in [1.807, 2.05) is 18.3 Å². The molecule has 0 saturated carbocycles. The molecular weight excluding hydrogens is 483 g/mol. The van der Waals surface area contributed by atoms with Crippen molar-refractivity contribution in [3.8, 4) is 11.5 Å². The summed E-state index contributed by atoms with van der Waals surface area (Å²) in [5.41, 5.74) is 7.14. The number of rotatable bonds is 7. The molecule has 0 amide bonds. The molecule has 190 valence electrons. The number of aromatic amines is 1. The number of fused-ring (bicyclic) bond motifs is 2. The number of alkyl halides is 1. The lowest BCUT2D eigenvalue weighted by molar-refractivity contribution is 0.198. The van der Waals surface area contributed by atoms with Crippen LogP contribution in [-0.4, -0.2) is 53.2 Å². The summed E-state index contributed by atoms with van der Waals surface area (Å²) in [6, 6.07) is 22.9. The lowest BCUT2D eigenvalue weighted by atomic mass is 9.88. The zero-order chi connectivity index (χ0) is 25.2. The van der Waals surface area contributed by atoms with Crippen molar-refractivity contribution in [3.05, 3.63) is 89.6 Å². The number of thioether (sulfide) groups is 1. The summed E-state index contributed by atoms with van der Waals surface area (Å²) in [5.74, 6) is 2.10. The highest BCUT2D eigenvalue weighted by Gasteiger charge is 2.24. The van der Waals surface area contributed by atoms with E-state index >= 15 is 0 Å². The first kappa shape index (κ1) is 24.1. The number of hydrogen-bond acceptors (Lipinski definition) is 4. The topological polar surface area (TPSA) is 48.5 Å². The van der Waals surface area contributed by atoms with Gasteiger partial charge in [-0.3, -0.25) is 9.29 Å². The molecule has 3 heterocycles. The average Bonchev–Trinajstić information content (AvgIpc) is 3.53. The number of halogens is 1. The number of hydrogen-bond donors (Lipinski definition) is 2. The maximum absolute atomic E-state index is 12.5. The average molecular weight is 515 g/mol. The Kier molecular flexibility index (Phi) is 6.94. The number of allylic oxidation sites excluding steroid dienone is 1. The third-order valence-corrected chi connectivity index (χ3v) is 8.39. The molecule has 2 aliphatic heterocycles. The predicted molar refractivity (Wildman–Crippen MR) is 150 cm³/mol. The van der Waals surface area contributed by atoms with E-state index in [0.29, 0.717) is 12.2 Å². The minimum atomic E-state index is -0.262. The van der Waals surface area contributed by atoms with E-state index in [0.717, 1.165) is 65.5 Å². The molecule has 4 nitrogen and oxygen atoms in total. The van der Waals surface area contributed by atoms with Crippen molar-refractivity contribution in [1.82, 2.24) is 9.88 Å². The second-order valence-corrected chi connectivity index (χ2v) is 10.9. The van der Waals surface area contributed by atoms with E-state index < -0.39 is 0 Å². The number of ether oxygens (including phenoxy) is 1. The third-order valence-electron chi connectivity index (χ3n) is 7.33. The predicted octanol–water partition coefficient (Wildman–Crippen LogP) is 7.14. The molecule has 0 unspecified atom stereocenters. The van der Waals surface area contributed by atoms with E-state index in [2.05, 4.69) is 58.4 Å². The van der Waals surface area contributed by atoms with Crippen molar-refractivity contribution < 1.29 is 14.2 Å². The molecule has 37 heavy (non-hydrogen) atoms. The van der Waals surface area contributed by atoms with E-state index in [9.17, 15) is 9.50 Å². The van der Waals surface area contributed by atoms with Crippen LogP contribution >= 0.6 is 11.8 Å². The van der Waals surface area contributed by atoms with E-state index in [4.69, 9.17) is 4.74 Å². The highest BCUT2D eigenvalue weighted by Crippen LogP contribution is 2.44. The molecule has 1 fully saturated rings. The number of phenolic OH excluding ortho intramolecular Hbond substituents is 1. The lowest BCUT2D eigenvalue weighted by Gasteiger charge is -2.18. The molecule has 1 aromatic heterocycles. The van der Waals surface area contributed by atoms with Gasteiger partial charge in [0.15, 0.2) is 0 Å². The summed E-state index contributed by atoms with van der Waals surface area (Å²) in [4.78, 5) is 6.74. The third kappa shape index (κ3) is 5.13. The first-order valence-electron chi connectivity index (χ1n) is 13.0. The Balaban J connectivity index is 1.35. The van der Waals surface area contributed by atoms with Gasteiger partial charge in [0, 0.05) is 42.0 Å². The van der Waals surface area contributed by atoms with E-state index in [1.54, 1.807) is 17.8 Å². The molecule has 0 aliphatic carbocycles. The van der Waals surface area contributed by atoms with E-state index in [1.165, 1.54) is 22.1 Å². The number of benzene rings is 3. The molecule has 0 radical (unpaired) electrons. The molecule has 2 N–H and O–H groups in total. The number of H-pyrrole nitrogens is 1. The monoisotopic (exact) mass is 514 g/mol. The van der Waals surface area contributed by atoms with Crippen molar-refractivity contribution in [2.24, 2.45) is 0 Å². The fourth-order valence-corrected chi connectivity index (χ4v) is 6.57. The van der Waals surface area contributed by atoms with Crippen LogP contribution in [0.1, 0.15) is 36.0 Å². The second-order valence-electron chi connectivity index (χ2n) is 9.81. The highest BCUT2D eigenvalue weighted by molar-refractivity contribution is 7.99. The Hall–Kier alpha value is -3.22. The summed E-state index contributed by atoms with van der Waals surface area (Å²) in [7, 11) is 0. The Morgan fingerprint density at radius 1 is 1.03 bits per heavy atom. The van der Waals surface area contributed by atoms with Crippen LogP contribution in [-0.2, 0) is 0 Å². The summed E-state index contributed by atoms with van der Waals surface area (Å²) < 4.78 is 18.8. The fourth-order valence-electron chi connectivity index (χ4n) is 5.51. The van der Waals surface area contributed by atoms with Gasteiger partial charge in [-0.1, -0.05) is 24.3 Å². The standard InChI is InChI=1S/C31H31FN2O2S/c32-13-1-15-34-16-11-26(20-34)36-25-7-4-22(5-8-25)31-27(23-3-2-21-10-14-33-29(21)18-23)12-17-37-30-19-24(35)6-9-28(30)31/h2-10,14,18-19,26,33,35H,1,11-13,15-17,20H2/t26-/m0/s1. The summed E-state index contributed by atoms with van der Waals surface area (Å²) in [6.07, 6.45) is 4.61. The Labute approximate surface area is 221 Å². The summed E-state index contributed by atoms with van der Waals surface area (Å²) >= 11 is 1.79. The fraction of sp³-hybridized carbons (Fsp3) is 0.290. The van der Waals surface area contributed by atoms with Crippen molar-refractivity contribution in [3.63, 3.8) is 0 Å². The Morgan fingerprint density at radius 2 is 1.89 bits per heavy atom. The number of aromatic hydroxyl groups is 1. The molecule has 3 aromatic carbocycles. The van der Waals surface area contributed by atoms with Crippen molar-refractivity contribution in [2.45, 2.75) is 30.3 Å². The first-order valence-corrected chi connectivity index (χ1v) is 14.0. The zero-order valence-corrected chi connectivity index (χ0v) is 21.6. The second kappa shape index (κ2) is 10.6. The minimum Gasteiger partial charge on any atom is -0.508 e. The molecule has 6 heteroatoms. The minimum absolute atomic E-state index is 0.144. The normalized spacial score (nSPS) is 18.2. The molecule has 0 spiro atoms. The molecule has 6 rings (SSSR count). The van der Waals surface area contributed by atoms with Crippen LogP contribution in [0.3, 0.4) is 0 Å².